The number of nitrogens with two attached hydrogens (primary N) is 1. The van der Waals surface area contributed by atoms with Crippen LogP contribution in [0.5, 0.6) is 0 Å². The minimum Gasteiger partial charge on any atom is -0.469 e. The number of esters is 1. The highest BCUT2D eigenvalue weighted by atomic mass is 16.5. The van der Waals surface area contributed by atoms with Crippen molar-refractivity contribution in [1.82, 2.24) is 0 Å². The van der Waals surface area contributed by atoms with Gasteiger partial charge in [-0.2, -0.15) is 0 Å². The molecule has 1 aromatic rings. The van der Waals surface area contributed by atoms with Crippen LogP contribution in [0.4, 0.5) is 11.4 Å². The zero-order valence-electron chi connectivity index (χ0n) is 12.2. The minimum absolute atomic E-state index is 0.0205. The van der Waals surface area contributed by atoms with Gasteiger partial charge in [-0.15, -0.1) is 0 Å². The molecule has 0 saturated carbocycles. The number of carbonyl (C=O) groups excluding carboxylic acids is 1. The van der Waals surface area contributed by atoms with E-state index in [-0.39, 0.29) is 11.9 Å². The van der Waals surface area contributed by atoms with E-state index in [1.54, 1.807) is 0 Å². The van der Waals surface area contributed by atoms with Crippen molar-refractivity contribution in [2.45, 2.75) is 19.8 Å². The molecule has 0 aliphatic carbocycles. The molecule has 0 radical (unpaired) electrons. The van der Waals surface area contributed by atoms with E-state index >= 15 is 0 Å². The molecule has 1 saturated heterocycles. The van der Waals surface area contributed by atoms with Crippen molar-refractivity contribution in [2.75, 3.05) is 30.8 Å². The summed E-state index contributed by atoms with van der Waals surface area (Å²) in [5, 5.41) is 0. The Hall–Kier alpha value is -1.97. The van der Waals surface area contributed by atoms with Crippen LogP contribution in [0.2, 0.25) is 0 Å². The summed E-state index contributed by atoms with van der Waals surface area (Å²) in [5.74, 6) is -0.0811. The smallest absolute Gasteiger partial charge is 0.308 e. The lowest BCUT2D eigenvalue weighted by Crippen LogP contribution is -2.37. The third kappa shape index (κ3) is 2.95. The second kappa shape index (κ2) is 5.99. The van der Waals surface area contributed by atoms with Gasteiger partial charge < -0.3 is 15.4 Å². The fourth-order valence-corrected chi connectivity index (χ4v) is 2.63. The van der Waals surface area contributed by atoms with E-state index in [0.29, 0.717) is 0 Å². The molecule has 1 heterocycles. The molecule has 0 unspecified atom stereocenters. The van der Waals surface area contributed by atoms with E-state index in [4.69, 9.17) is 10.5 Å². The maximum absolute atomic E-state index is 11.5. The van der Waals surface area contributed by atoms with Crippen LogP contribution in [-0.2, 0) is 9.53 Å². The van der Waals surface area contributed by atoms with E-state index in [0.717, 1.165) is 48.4 Å². The summed E-state index contributed by atoms with van der Waals surface area (Å²) in [6.45, 7) is 7.55. The fraction of sp³-hybridized carbons (Fsp3) is 0.438. The zero-order valence-corrected chi connectivity index (χ0v) is 12.2. The summed E-state index contributed by atoms with van der Waals surface area (Å²) in [5.41, 5.74) is 10.0. The molecule has 0 atom stereocenters. The average molecular weight is 274 g/mol. The highest BCUT2D eigenvalue weighted by Gasteiger charge is 2.26. The van der Waals surface area contributed by atoms with Crippen molar-refractivity contribution in [3.63, 3.8) is 0 Å². The number of hydrogen-bond donors (Lipinski definition) is 1. The lowest BCUT2D eigenvalue weighted by Gasteiger charge is -2.33. The summed E-state index contributed by atoms with van der Waals surface area (Å²) in [7, 11) is 1.45. The van der Waals surface area contributed by atoms with Gasteiger partial charge in [0, 0.05) is 13.1 Å². The first-order valence-corrected chi connectivity index (χ1v) is 6.91. The Morgan fingerprint density at radius 2 is 2.05 bits per heavy atom. The predicted molar refractivity (Wildman–Crippen MR) is 82.5 cm³/mol. The van der Waals surface area contributed by atoms with Crippen molar-refractivity contribution < 1.29 is 9.53 Å². The molecular formula is C16H22N2O2. The Balaban J connectivity index is 2.07. The van der Waals surface area contributed by atoms with Crippen molar-refractivity contribution >= 4 is 22.9 Å². The Labute approximate surface area is 120 Å². The number of methoxy groups -OCH3 is 1. The molecule has 1 aliphatic rings. The molecule has 1 fully saturated rings. The molecule has 4 nitrogen and oxygen atoms in total. The Bertz CT molecular complexity index is 517. The summed E-state index contributed by atoms with van der Waals surface area (Å²) >= 11 is 0. The average Bonchev–Trinajstić information content (AvgIpc) is 2.46. The molecule has 2 N–H and O–H groups in total. The van der Waals surface area contributed by atoms with Gasteiger partial charge in [0.25, 0.3) is 0 Å². The second-order valence-corrected chi connectivity index (χ2v) is 5.34. The Morgan fingerprint density at radius 3 is 2.55 bits per heavy atom. The monoisotopic (exact) mass is 274 g/mol. The number of piperidine rings is 1. The van der Waals surface area contributed by atoms with Crippen molar-refractivity contribution in [2.24, 2.45) is 5.92 Å². The lowest BCUT2D eigenvalue weighted by molar-refractivity contribution is -0.146. The molecule has 0 bridgehead atoms. The third-order valence-electron chi connectivity index (χ3n) is 3.89. The van der Waals surface area contributed by atoms with Gasteiger partial charge in [-0.05, 0) is 37.5 Å². The molecule has 20 heavy (non-hydrogen) atoms. The number of anilines is 2. The van der Waals surface area contributed by atoms with Gasteiger partial charge in [-0.1, -0.05) is 18.2 Å². The molecule has 4 heteroatoms. The number of hydrogen-bond acceptors (Lipinski definition) is 4. The number of benzene rings is 1. The van der Waals surface area contributed by atoms with E-state index < -0.39 is 0 Å². The summed E-state index contributed by atoms with van der Waals surface area (Å²) in [4.78, 5) is 13.8. The first-order valence-electron chi connectivity index (χ1n) is 6.91. The van der Waals surface area contributed by atoms with Crippen LogP contribution in [0.15, 0.2) is 24.8 Å². The number of nitrogen functional groups attached to an aromatic ring is 1. The maximum Gasteiger partial charge on any atom is 0.308 e. The van der Waals surface area contributed by atoms with E-state index in [1.807, 2.05) is 25.1 Å². The van der Waals surface area contributed by atoms with E-state index in [9.17, 15) is 4.79 Å². The van der Waals surface area contributed by atoms with Gasteiger partial charge >= 0.3 is 5.97 Å². The number of rotatable bonds is 3. The highest BCUT2D eigenvalue weighted by molar-refractivity contribution is 5.76. The molecule has 2 rings (SSSR count). The standard InChI is InChI=1S/C16H22N2O2/c1-11(2)13-4-5-15(14(17)10-13)18-8-6-12(7-9-18)16(19)20-3/h4-5,10,12H,1,6-9,17H2,2-3H3. The SMILES string of the molecule is C=C(C)c1ccc(N2CCC(C(=O)OC)CC2)c(N)c1. The molecule has 1 aromatic carbocycles. The third-order valence-corrected chi connectivity index (χ3v) is 3.89. The van der Waals surface area contributed by atoms with Gasteiger partial charge in [-0.25, -0.2) is 0 Å². The maximum atomic E-state index is 11.5. The Morgan fingerprint density at radius 1 is 1.40 bits per heavy atom. The molecule has 0 spiro atoms. The van der Waals surface area contributed by atoms with Crippen LogP contribution >= 0.6 is 0 Å². The van der Waals surface area contributed by atoms with Gasteiger partial charge in [0.2, 0.25) is 0 Å². The van der Waals surface area contributed by atoms with E-state index in [1.165, 1.54) is 7.11 Å². The second-order valence-electron chi connectivity index (χ2n) is 5.34. The zero-order chi connectivity index (χ0) is 14.7. The first kappa shape index (κ1) is 14.4. The van der Waals surface area contributed by atoms with Crippen molar-refractivity contribution in [3.05, 3.63) is 30.3 Å². The topological polar surface area (TPSA) is 55.6 Å². The normalized spacial score (nSPS) is 16.0. The summed E-state index contributed by atoms with van der Waals surface area (Å²) < 4.78 is 4.80. The van der Waals surface area contributed by atoms with Gasteiger partial charge in [0.1, 0.15) is 0 Å². The fourth-order valence-electron chi connectivity index (χ4n) is 2.63. The van der Waals surface area contributed by atoms with E-state index in [2.05, 4.69) is 11.5 Å². The number of allylic oxidation sites excluding steroid dienone is 1. The number of ether oxygens (including phenoxy) is 1. The van der Waals surface area contributed by atoms with Crippen LogP contribution < -0.4 is 10.6 Å². The largest absolute Gasteiger partial charge is 0.469 e. The van der Waals surface area contributed by atoms with Gasteiger partial charge in [0.15, 0.2) is 0 Å². The molecule has 1 aliphatic heterocycles. The van der Waals surface area contributed by atoms with Crippen molar-refractivity contribution in [3.8, 4) is 0 Å². The van der Waals surface area contributed by atoms with Crippen LogP contribution in [0.1, 0.15) is 25.3 Å². The number of nitrogens with zero attached hydrogens (tertiary/aromatic N) is 1. The first-order chi connectivity index (χ1) is 9.52. The molecular weight excluding hydrogens is 252 g/mol. The molecule has 0 aromatic heterocycles. The summed E-state index contributed by atoms with van der Waals surface area (Å²) in [6.07, 6.45) is 1.63. The number of carbonyl (C=O) groups is 1. The summed E-state index contributed by atoms with van der Waals surface area (Å²) in [6, 6.07) is 6.04. The van der Waals surface area contributed by atoms with Crippen LogP contribution in [0.3, 0.4) is 0 Å². The Kier molecular flexibility index (Phi) is 4.32. The molecule has 108 valence electrons. The van der Waals surface area contributed by atoms with Gasteiger partial charge in [0.05, 0.1) is 24.4 Å². The van der Waals surface area contributed by atoms with Crippen LogP contribution in [0, 0.1) is 5.92 Å². The highest BCUT2D eigenvalue weighted by Crippen LogP contribution is 2.30. The van der Waals surface area contributed by atoms with Crippen LogP contribution in [0.25, 0.3) is 5.57 Å². The predicted octanol–water partition coefficient (Wildman–Crippen LogP) is 2.69. The quantitative estimate of drug-likeness (QED) is 0.680. The van der Waals surface area contributed by atoms with Crippen LogP contribution in [-0.4, -0.2) is 26.2 Å². The van der Waals surface area contributed by atoms with Gasteiger partial charge in [-0.3, -0.25) is 4.79 Å². The molecule has 0 amide bonds. The lowest BCUT2D eigenvalue weighted by atomic mass is 9.96. The minimum atomic E-state index is -0.102. The van der Waals surface area contributed by atoms with Crippen molar-refractivity contribution in [1.29, 1.82) is 0 Å².